The highest BCUT2D eigenvalue weighted by atomic mass is 16.5. The Labute approximate surface area is 136 Å². The third-order valence-electron chi connectivity index (χ3n) is 4.11. The van der Waals surface area contributed by atoms with Gasteiger partial charge in [0, 0.05) is 11.8 Å². The number of rotatable bonds is 4. The van der Waals surface area contributed by atoms with E-state index in [1.807, 2.05) is 12.3 Å². The first-order valence-corrected chi connectivity index (χ1v) is 7.81. The van der Waals surface area contributed by atoms with Crippen LogP contribution in [-0.2, 0) is 17.6 Å². The van der Waals surface area contributed by atoms with Gasteiger partial charge >= 0.3 is 0 Å². The molecule has 0 aliphatic carbocycles. The molecule has 23 heavy (non-hydrogen) atoms. The van der Waals surface area contributed by atoms with Crippen molar-refractivity contribution < 1.29 is 4.74 Å². The Morgan fingerprint density at radius 3 is 2.61 bits per heavy atom. The fraction of sp³-hybridized carbons (Fsp3) is 0.263. The van der Waals surface area contributed by atoms with E-state index in [0.717, 1.165) is 29.0 Å². The summed E-state index contributed by atoms with van der Waals surface area (Å²) in [6, 6.07) is 12.5. The average Bonchev–Trinajstić information content (AvgIpc) is 2.94. The lowest BCUT2D eigenvalue weighted by Gasteiger charge is -2.07. The number of nitrogens with one attached hydrogen (secondary N) is 1. The quantitative estimate of drug-likeness (QED) is 0.584. The number of hydrogen-bond acceptors (Lipinski definition) is 3. The van der Waals surface area contributed by atoms with Gasteiger partial charge in [-0.3, -0.25) is 5.41 Å². The molecule has 0 aliphatic heterocycles. The number of aromatic nitrogens is 2. The lowest BCUT2D eigenvalue weighted by molar-refractivity contribution is 0.389. The molecule has 3 aromatic rings. The molecule has 0 amide bonds. The first kappa shape index (κ1) is 15.3. The number of hydrogen-bond donors (Lipinski definition) is 1. The maximum Gasteiger partial charge on any atom is 0.186 e. The van der Waals surface area contributed by atoms with Crippen molar-refractivity contribution in [3.8, 4) is 11.3 Å². The molecular weight excluding hydrogens is 286 g/mol. The monoisotopic (exact) mass is 307 g/mol. The number of methoxy groups -OCH3 is 1. The Hall–Kier alpha value is -2.62. The summed E-state index contributed by atoms with van der Waals surface area (Å²) >= 11 is 0. The molecule has 0 saturated carbocycles. The normalized spacial score (nSPS) is 10.9. The van der Waals surface area contributed by atoms with Crippen molar-refractivity contribution in [2.75, 3.05) is 7.11 Å². The topological polar surface area (TPSA) is 50.4 Å². The molecule has 0 atom stereocenters. The summed E-state index contributed by atoms with van der Waals surface area (Å²) in [6.07, 6.45) is 3.36. The zero-order valence-electron chi connectivity index (χ0n) is 13.8. The summed E-state index contributed by atoms with van der Waals surface area (Å²) in [5.74, 6) is 0.238. The van der Waals surface area contributed by atoms with Crippen molar-refractivity contribution in [1.82, 2.24) is 9.38 Å². The van der Waals surface area contributed by atoms with E-state index < -0.39 is 0 Å². The third kappa shape index (κ3) is 2.84. The Bertz CT molecular complexity index is 847. The van der Waals surface area contributed by atoms with Crippen LogP contribution in [0.5, 0.6) is 0 Å². The highest BCUT2D eigenvalue weighted by molar-refractivity contribution is 5.79. The molecule has 1 aromatic carbocycles. The van der Waals surface area contributed by atoms with Crippen LogP contribution in [0.15, 0.2) is 42.6 Å². The van der Waals surface area contributed by atoms with Gasteiger partial charge in [-0.05, 0) is 25.0 Å². The second-order valence-electron chi connectivity index (χ2n) is 5.66. The van der Waals surface area contributed by atoms with Crippen LogP contribution in [0, 0.1) is 12.3 Å². The zero-order chi connectivity index (χ0) is 16.4. The van der Waals surface area contributed by atoms with Gasteiger partial charge in [0.05, 0.1) is 24.9 Å². The molecule has 0 unspecified atom stereocenters. The molecule has 1 N–H and O–H groups in total. The maximum atomic E-state index is 7.92. The minimum atomic E-state index is 0.238. The van der Waals surface area contributed by atoms with Crippen molar-refractivity contribution in [2.24, 2.45) is 0 Å². The molecule has 0 fully saturated rings. The largest absolute Gasteiger partial charge is 0.484 e. The minimum absolute atomic E-state index is 0.238. The lowest BCUT2D eigenvalue weighted by atomic mass is 10.1. The molecule has 4 heteroatoms. The molecule has 0 saturated heterocycles. The molecule has 0 radical (unpaired) electrons. The van der Waals surface area contributed by atoms with E-state index in [2.05, 4.69) is 48.6 Å². The Morgan fingerprint density at radius 1 is 1.22 bits per heavy atom. The van der Waals surface area contributed by atoms with Gasteiger partial charge in [-0.2, -0.15) is 0 Å². The zero-order valence-corrected chi connectivity index (χ0v) is 13.8. The summed E-state index contributed by atoms with van der Waals surface area (Å²) in [7, 11) is 1.54. The van der Waals surface area contributed by atoms with Crippen LogP contribution in [0.4, 0.5) is 0 Å². The van der Waals surface area contributed by atoms with Gasteiger partial charge in [0.15, 0.2) is 5.90 Å². The summed E-state index contributed by atoms with van der Waals surface area (Å²) < 4.78 is 7.17. The molecule has 4 nitrogen and oxygen atoms in total. The SMILES string of the molecule is CCc1cccn2c(CC(=N)OC)c(-c3ccc(C)cc3)nc12. The van der Waals surface area contributed by atoms with E-state index in [4.69, 9.17) is 15.1 Å². The smallest absolute Gasteiger partial charge is 0.186 e. The van der Waals surface area contributed by atoms with E-state index in [1.54, 1.807) is 0 Å². The number of nitrogens with zero attached hydrogens (tertiary/aromatic N) is 2. The van der Waals surface area contributed by atoms with Crippen molar-refractivity contribution >= 4 is 11.5 Å². The van der Waals surface area contributed by atoms with Gasteiger partial charge in [-0.1, -0.05) is 42.8 Å². The van der Waals surface area contributed by atoms with E-state index in [9.17, 15) is 0 Å². The number of benzene rings is 1. The standard InChI is InChI=1S/C19H21N3O/c1-4-14-6-5-11-22-16(12-17(20)23-3)18(21-19(14)22)15-9-7-13(2)8-10-15/h5-11,20H,4,12H2,1-3H3. The molecular formula is C19H21N3O. The van der Waals surface area contributed by atoms with Crippen LogP contribution in [0.1, 0.15) is 23.7 Å². The Kier molecular flexibility index (Phi) is 4.15. The fourth-order valence-corrected chi connectivity index (χ4v) is 2.78. The summed E-state index contributed by atoms with van der Waals surface area (Å²) in [6.45, 7) is 4.20. The lowest BCUT2D eigenvalue weighted by Crippen LogP contribution is -2.07. The number of pyridine rings is 1. The van der Waals surface area contributed by atoms with Crippen molar-refractivity contribution in [3.63, 3.8) is 0 Å². The highest BCUT2D eigenvalue weighted by Gasteiger charge is 2.17. The van der Waals surface area contributed by atoms with Crippen LogP contribution in [0.25, 0.3) is 16.9 Å². The molecule has 2 aromatic heterocycles. The fourth-order valence-electron chi connectivity index (χ4n) is 2.78. The van der Waals surface area contributed by atoms with Crippen molar-refractivity contribution in [2.45, 2.75) is 26.7 Å². The second kappa shape index (κ2) is 6.24. The van der Waals surface area contributed by atoms with Gasteiger partial charge in [0.2, 0.25) is 0 Å². The summed E-state index contributed by atoms with van der Waals surface area (Å²) in [5, 5.41) is 7.92. The van der Waals surface area contributed by atoms with Crippen LogP contribution in [0.3, 0.4) is 0 Å². The van der Waals surface area contributed by atoms with E-state index in [0.29, 0.717) is 6.42 Å². The molecule has 3 rings (SSSR count). The van der Waals surface area contributed by atoms with E-state index >= 15 is 0 Å². The second-order valence-corrected chi connectivity index (χ2v) is 5.66. The molecule has 2 heterocycles. The van der Waals surface area contributed by atoms with E-state index in [-0.39, 0.29) is 5.90 Å². The summed E-state index contributed by atoms with van der Waals surface area (Å²) in [4.78, 5) is 4.88. The van der Waals surface area contributed by atoms with Gasteiger partial charge in [0.1, 0.15) is 5.65 Å². The molecule has 0 bridgehead atoms. The van der Waals surface area contributed by atoms with E-state index in [1.165, 1.54) is 18.2 Å². The number of imidazole rings is 1. The predicted molar refractivity (Wildman–Crippen MR) is 93.2 cm³/mol. The summed E-state index contributed by atoms with van der Waals surface area (Å²) in [5.41, 5.74) is 6.37. The third-order valence-corrected chi connectivity index (χ3v) is 4.11. The molecule has 0 spiro atoms. The van der Waals surface area contributed by atoms with Crippen molar-refractivity contribution in [3.05, 3.63) is 59.4 Å². The first-order valence-electron chi connectivity index (χ1n) is 7.81. The molecule has 0 aliphatic rings. The van der Waals surface area contributed by atoms with Gasteiger partial charge in [-0.25, -0.2) is 4.98 Å². The van der Waals surface area contributed by atoms with Gasteiger partial charge in [-0.15, -0.1) is 0 Å². The van der Waals surface area contributed by atoms with Crippen LogP contribution in [-0.4, -0.2) is 22.4 Å². The number of aryl methyl sites for hydroxylation is 2. The van der Waals surface area contributed by atoms with Crippen molar-refractivity contribution in [1.29, 1.82) is 5.41 Å². The minimum Gasteiger partial charge on any atom is -0.484 e. The highest BCUT2D eigenvalue weighted by Crippen LogP contribution is 2.27. The molecule has 118 valence electrons. The number of ether oxygens (including phenoxy) is 1. The van der Waals surface area contributed by atoms with Crippen LogP contribution >= 0.6 is 0 Å². The van der Waals surface area contributed by atoms with Gasteiger partial charge in [0.25, 0.3) is 0 Å². The van der Waals surface area contributed by atoms with Crippen LogP contribution in [0.2, 0.25) is 0 Å². The first-order chi connectivity index (χ1) is 11.1. The predicted octanol–water partition coefficient (Wildman–Crippen LogP) is 4.04. The number of fused-ring (bicyclic) bond motifs is 1. The van der Waals surface area contributed by atoms with Gasteiger partial charge < -0.3 is 9.14 Å². The maximum absolute atomic E-state index is 7.92. The van der Waals surface area contributed by atoms with Crippen LogP contribution < -0.4 is 0 Å². The average molecular weight is 307 g/mol. The Morgan fingerprint density at radius 2 is 1.96 bits per heavy atom. The Balaban J connectivity index is 2.24.